The lowest BCUT2D eigenvalue weighted by atomic mass is 10.1. The highest BCUT2D eigenvalue weighted by atomic mass is 16.5. The van der Waals surface area contributed by atoms with E-state index in [1.54, 1.807) is 7.11 Å². The van der Waals surface area contributed by atoms with Crippen molar-refractivity contribution in [3.05, 3.63) is 81.7 Å². The van der Waals surface area contributed by atoms with Crippen LogP contribution < -0.4 is 15.6 Å². The third kappa shape index (κ3) is 4.44. The molecule has 0 aliphatic heterocycles. The molecule has 3 rings (SSSR count). The summed E-state index contributed by atoms with van der Waals surface area (Å²) in [6.45, 7) is 4.04. The number of benzene rings is 2. The molecule has 27 heavy (non-hydrogen) atoms. The average molecular weight is 362 g/mol. The van der Waals surface area contributed by atoms with Gasteiger partial charge in [0.05, 0.1) is 7.11 Å². The van der Waals surface area contributed by atoms with Crippen LogP contribution in [0.25, 0.3) is 16.5 Å². The van der Waals surface area contributed by atoms with Crippen molar-refractivity contribution in [2.45, 2.75) is 20.4 Å². The van der Waals surface area contributed by atoms with Crippen LogP contribution in [0.5, 0.6) is 5.75 Å². The van der Waals surface area contributed by atoms with E-state index < -0.39 is 0 Å². The molecule has 0 unspecified atom stereocenters. The first-order valence-corrected chi connectivity index (χ1v) is 8.69. The van der Waals surface area contributed by atoms with Crippen LogP contribution in [-0.2, 0) is 11.3 Å². The summed E-state index contributed by atoms with van der Waals surface area (Å²) >= 11 is 0. The van der Waals surface area contributed by atoms with Gasteiger partial charge in [0, 0.05) is 23.7 Å². The number of fused-ring (bicyclic) bond motifs is 1. The highest BCUT2D eigenvalue weighted by Gasteiger charge is 2.06. The van der Waals surface area contributed by atoms with Crippen LogP contribution in [0.3, 0.4) is 0 Å². The van der Waals surface area contributed by atoms with E-state index in [-0.39, 0.29) is 18.0 Å². The van der Waals surface area contributed by atoms with E-state index in [9.17, 15) is 9.59 Å². The second kappa shape index (κ2) is 7.91. The minimum atomic E-state index is -0.243. The van der Waals surface area contributed by atoms with Crippen molar-refractivity contribution in [3.63, 3.8) is 0 Å². The Labute approximate surface area is 157 Å². The van der Waals surface area contributed by atoms with Gasteiger partial charge in [0.2, 0.25) is 5.91 Å². The molecule has 5 heteroatoms. The summed E-state index contributed by atoms with van der Waals surface area (Å²) in [5.41, 5.74) is 4.00. The fourth-order valence-corrected chi connectivity index (χ4v) is 2.87. The Morgan fingerprint density at radius 1 is 1.15 bits per heavy atom. The summed E-state index contributed by atoms with van der Waals surface area (Å²) in [4.78, 5) is 27.3. The molecule has 0 atom stereocenters. The minimum absolute atomic E-state index is 0.171. The van der Waals surface area contributed by atoms with Crippen molar-refractivity contribution >= 4 is 22.4 Å². The van der Waals surface area contributed by atoms with E-state index in [1.165, 1.54) is 6.08 Å². The highest BCUT2D eigenvalue weighted by Crippen LogP contribution is 2.18. The number of methoxy groups -OCH3 is 1. The molecule has 0 saturated heterocycles. The second-order valence-corrected chi connectivity index (χ2v) is 6.49. The second-order valence-electron chi connectivity index (χ2n) is 6.49. The zero-order chi connectivity index (χ0) is 19.4. The van der Waals surface area contributed by atoms with Gasteiger partial charge in [0.15, 0.2) is 0 Å². The summed E-state index contributed by atoms with van der Waals surface area (Å²) in [5, 5.41) is 3.73. The molecule has 0 fully saturated rings. The number of allylic oxidation sites excluding steroid dienone is 1. The van der Waals surface area contributed by atoms with Gasteiger partial charge in [-0.2, -0.15) is 0 Å². The van der Waals surface area contributed by atoms with Crippen LogP contribution in [-0.4, -0.2) is 18.0 Å². The van der Waals surface area contributed by atoms with Gasteiger partial charge in [-0.1, -0.05) is 23.8 Å². The van der Waals surface area contributed by atoms with Crippen molar-refractivity contribution in [1.82, 2.24) is 10.3 Å². The number of aromatic nitrogens is 1. The fourth-order valence-electron chi connectivity index (χ4n) is 2.87. The average Bonchev–Trinajstić information content (AvgIpc) is 2.66. The molecule has 138 valence electrons. The molecule has 0 bridgehead atoms. The maximum Gasteiger partial charge on any atom is 0.253 e. The first-order chi connectivity index (χ1) is 13.0. The molecule has 2 aromatic carbocycles. The molecule has 1 amide bonds. The van der Waals surface area contributed by atoms with E-state index in [0.717, 1.165) is 33.4 Å². The lowest BCUT2D eigenvalue weighted by Gasteiger charge is -2.07. The van der Waals surface area contributed by atoms with Crippen molar-refractivity contribution in [2.75, 3.05) is 7.11 Å². The number of hydrogen-bond donors (Lipinski definition) is 2. The van der Waals surface area contributed by atoms with E-state index in [0.29, 0.717) is 5.56 Å². The number of carbonyl (C=O) groups excluding carboxylic acids is 1. The van der Waals surface area contributed by atoms with Crippen LogP contribution >= 0.6 is 0 Å². The molecule has 2 N–H and O–H groups in total. The number of aryl methyl sites for hydroxylation is 1. The number of nitrogens with one attached hydrogen (secondary N) is 2. The van der Waals surface area contributed by atoms with Crippen LogP contribution in [0.4, 0.5) is 0 Å². The smallest absolute Gasteiger partial charge is 0.253 e. The summed E-state index contributed by atoms with van der Waals surface area (Å²) in [6, 6.07) is 15.2. The predicted octanol–water partition coefficient (Wildman–Crippen LogP) is 3.56. The number of aromatic amines is 1. The summed E-state index contributed by atoms with van der Waals surface area (Å²) < 4.78 is 5.14. The van der Waals surface area contributed by atoms with Crippen LogP contribution in [0.15, 0.2) is 59.4 Å². The fraction of sp³-hybridized carbons (Fsp3) is 0.182. The predicted molar refractivity (Wildman–Crippen MR) is 108 cm³/mol. The highest BCUT2D eigenvalue weighted by molar-refractivity contribution is 5.94. The zero-order valence-corrected chi connectivity index (χ0v) is 15.6. The number of hydrogen-bond acceptors (Lipinski definition) is 3. The van der Waals surface area contributed by atoms with E-state index in [4.69, 9.17) is 4.74 Å². The van der Waals surface area contributed by atoms with Crippen LogP contribution in [0.1, 0.15) is 23.6 Å². The third-order valence-corrected chi connectivity index (χ3v) is 4.42. The maximum atomic E-state index is 12.2. The first-order valence-electron chi connectivity index (χ1n) is 8.69. The van der Waals surface area contributed by atoms with Gasteiger partial charge in [0.25, 0.3) is 5.56 Å². The Bertz CT molecular complexity index is 1060. The molecule has 1 aromatic heterocycles. The molecule has 0 aliphatic rings. The molecule has 3 aromatic rings. The number of ether oxygens (including phenoxy) is 1. The van der Waals surface area contributed by atoms with Crippen molar-refractivity contribution in [1.29, 1.82) is 0 Å². The van der Waals surface area contributed by atoms with E-state index in [1.807, 2.05) is 62.4 Å². The SMILES string of the molecule is COc1ccc(/C(C)=C/C(=O)NCc2cc3cc(C)ccc3[nH]c2=O)cc1. The Hall–Kier alpha value is -3.34. The third-order valence-electron chi connectivity index (χ3n) is 4.42. The van der Waals surface area contributed by atoms with E-state index >= 15 is 0 Å². The number of amides is 1. The van der Waals surface area contributed by atoms with Crippen molar-refractivity contribution in [2.24, 2.45) is 0 Å². The number of H-pyrrole nitrogens is 1. The van der Waals surface area contributed by atoms with Gasteiger partial charge in [-0.3, -0.25) is 9.59 Å². The molecular formula is C22H22N2O3. The molecular weight excluding hydrogens is 340 g/mol. The normalized spacial score (nSPS) is 11.4. The van der Waals surface area contributed by atoms with Gasteiger partial charge >= 0.3 is 0 Å². The van der Waals surface area contributed by atoms with Gasteiger partial charge in [-0.05, 0) is 60.7 Å². The lowest BCUT2D eigenvalue weighted by molar-refractivity contribution is -0.116. The Morgan fingerprint density at radius 3 is 2.59 bits per heavy atom. The summed E-state index contributed by atoms with van der Waals surface area (Å²) in [6.07, 6.45) is 1.53. The Kier molecular flexibility index (Phi) is 5.41. The molecule has 0 spiro atoms. The Morgan fingerprint density at radius 2 is 1.89 bits per heavy atom. The quantitative estimate of drug-likeness (QED) is 0.682. The molecule has 0 saturated carbocycles. The van der Waals surface area contributed by atoms with Crippen molar-refractivity contribution < 1.29 is 9.53 Å². The van der Waals surface area contributed by atoms with Gasteiger partial charge in [0.1, 0.15) is 5.75 Å². The van der Waals surface area contributed by atoms with Crippen LogP contribution in [0, 0.1) is 6.92 Å². The molecule has 0 radical (unpaired) electrons. The van der Waals surface area contributed by atoms with E-state index in [2.05, 4.69) is 10.3 Å². The Balaban J connectivity index is 1.72. The molecule has 5 nitrogen and oxygen atoms in total. The van der Waals surface area contributed by atoms with Crippen LogP contribution in [0.2, 0.25) is 0 Å². The number of rotatable bonds is 5. The number of carbonyl (C=O) groups is 1. The molecule has 1 heterocycles. The summed E-state index contributed by atoms with van der Waals surface area (Å²) in [5.74, 6) is 0.522. The first kappa shape index (κ1) is 18.5. The zero-order valence-electron chi connectivity index (χ0n) is 15.6. The van der Waals surface area contributed by atoms with Gasteiger partial charge < -0.3 is 15.0 Å². The monoisotopic (exact) mass is 362 g/mol. The topological polar surface area (TPSA) is 71.2 Å². The van der Waals surface area contributed by atoms with Gasteiger partial charge in [-0.15, -0.1) is 0 Å². The standard InChI is InChI=1S/C22H22N2O3/c1-14-4-9-20-17(10-14)12-18(22(26)24-20)13-23-21(25)11-15(2)16-5-7-19(27-3)8-6-16/h4-12H,13H2,1-3H3,(H,23,25)(H,24,26)/b15-11+. The minimum Gasteiger partial charge on any atom is -0.497 e. The largest absolute Gasteiger partial charge is 0.497 e. The number of pyridine rings is 1. The summed E-state index contributed by atoms with van der Waals surface area (Å²) in [7, 11) is 1.61. The molecule has 0 aliphatic carbocycles. The lowest BCUT2D eigenvalue weighted by Crippen LogP contribution is -2.25. The maximum absolute atomic E-state index is 12.2. The van der Waals surface area contributed by atoms with Crippen molar-refractivity contribution in [3.8, 4) is 5.75 Å². The van der Waals surface area contributed by atoms with Gasteiger partial charge in [-0.25, -0.2) is 0 Å².